The van der Waals surface area contributed by atoms with Crippen molar-refractivity contribution in [2.24, 2.45) is 4.99 Å². The predicted octanol–water partition coefficient (Wildman–Crippen LogP) is 4.93. The molecule has 0 aliphatic heterocycles. The van der Waals surface area contributed by atoms with Crippen LogP contribution in [-0.4, -0.2) is 10.9 Å². The first-order valence-corrected chi connectivity index (χ1v) is 8.98. The number of rotatable bonds is 3. The summed E-state index contributed by atoms with van der Waals surface area (Å²) < 4.78 is 5.99. The summed E-state index contributed by atoms with van der Waals surface area (Å²) in [6, 6.07) is 22.5. The van der Waals surface area contributed by atoms with Gasteiger partial charge in [0, 0.05) is 11.1 Å². The largest absolute Gasteiger partial charge is 0.438 e. The lowest BCUT2D eigenvalue weighted by molar-refractivity contribution is 0.102. The van der Waals surface area contributed by atoms with Gasteiger partial charge in [-0.1, -0.05) is 42.5 Å². The molecule has 5 heteroatoms. The van der Waals surface area contributed by atoms with E-state index in [1.54, 1.807) is 12.1 Å². The van der Waals surface area contributed by atoms with E-state index in [2.05, 4.69) is 15.3 Å². The first-order chi connectivity index (χ1) is 13.6. The van der Waals surface area contributed by atoms with Crippen LogP contribution in [0.15, 0.2) is 82.2 Å². The molecule has 0 saturated carbocycles. The summed E-state index contributed by atoms with van der Waals surface area (Å²) in [6.07, 6.45) is 0. The summed E-state index contributed by atoms with van der Waals surface area (Å²) in [7, 11) is 0. The van der Waals surface area contributed by atoms with Crippen molar-refractivity contribution in [1.82, 2.24) is 4.98 Å². The standard InChI is InChI=1S/C23H19N3O2/c1-15-8-3-5-11-19(15)25-23-18(14-17-10-4-6-12-20(17)28-23)22(27)26-21-13-7-9-16(2)24-21/h3-14H,1-2H3,(H,24,26,27). The molecule has 2 aromatic heterocycles. The van der Waals surface area contributed by atoms with Gasteiger partial charge in [-0.2, -0.15) is 0 Å². The molecule has 0 fully saturated rings. The van der Waals surface area contributed by atoms with E-state index in [-0.39, 0.29) is 11.5 Å². The zero-order valence-corrected chi connectivity index (χ0v) is 15.6. The number of aryl methyl sites for hydroxylation is 2. The van der Waals surface area contributed by atoms with Crippen molar-refractivity contribution in [3.8, 4) is 0 Å². The zero-order valence-electron chi connectivity index (χ0n) is 15.6. The van der Waals surface area contributed by atoms with Gasteiger partial charge in [0.25, 0.3) is 5.91 Å². The van der Waals surface area contributed by atoms with Crippen LogP contribution in [0.5, 0.6) is 0 Å². The van der Waals surface area contributed by atoms with E-state index >= 15 is 0 Å². The van der Waals surface area contributed by atoms with E-state index in [0.29, 0.717) is 17.0 Å². The summed E-state index contributed by atoms with van der Waals surface area (Å²) in [4.78, 5) is 22.0. The molecule has 0 aliphatic rings. The zero-order chi connectivity index (χ0) is 19.5. The number of anilines is 1. The third-order valence-electron chi connectivity index (χ3n) is 4.37. The molecule has 1 N–H and O–H groups in total. The number of carbonyl (C=O) groups is 1. The maximum atomic E-state index is 13.0. The molecule has 4 rings (SSSR count). The van der Waals surface area contributed by atoms with Gasteiger partial charge >= 0.3 is 0 Å². The average molecular weight is 369 g/mol. The first kappa shape index (κ1) is 17.7. The van der Waals surface area contributed by atoms with E-state index < -0.39 is 0 Å². The second kappa shape index (κ2) is 7.48. The Morgan fingerprint density at radius 2 is 1.75 bits per heavy atom. The molecule has 2 aromatic carbocycles. The third kappa shape index (κ3) is 3.69. The Balaban J connectivity index is 1.86. The lowest BCUT2D eigenvalue weighted by atomic mass is 10.1. The molecule has 0 bridgehead atoms. The van der Waals surface area contributed by atoms with Crippen molar-refractivity contribution in [2.45, 2.75) is 13.8 Å². The maximum Gasteiger partial charge on any atom is 0.262 e. The number of aromatic nitrogens is 1. The second-order valence-corrected chi connectivity index (χ2v) is 6.52. The number of nitrogens with one attached hydrogen (secondary N) is 1. The lowest BCUT2D eigenvalue weighted by Gasteiger charge is -2.07. The van der Waals surface area contributed by atoms with Crippen LogP contribution >= 0.6 is 0 Å². The molecule has 138 valence electrons. The summed E-state index contributed by atoms with van der Waals surface area (Å²) in [6.45, 7) is 3.84. The van der Waals surface area contributed by atoms with Gasteiger partial charge in [-0.25, -0.2) is 9.98 Å². The highest BCUT2D eigenvalue weighted by atomic mass is 16.3. The van der Waals surface area contributed by atoms with Gasteiger partial charge in [-0.3, -0.25) is 4.79 Å². The Morgan fingerprint density at radius 3 is 2.57 bits per heavy atom. The molecule has 0 atom stereocenters. The highest BCUT2D eigenvalue weighted by Gasteiger charge is 2.14. The van der Waals surface area contributed by atoms with Crippen LogP contribution in [-0.2, 0) is 0 Å². The lowest BCUT2D eigenvalue weighted by Crippen LogP contribution is -2.22. The molecule has 0 radical (unpaired) electrons. The Hall–Kier alpha value is -3.73. The molecule has 0 saturated heterocycles. The van der Waals surface area contributed by atoms with Crippen LogP contribution in [0.3, 0.4) is 0 Å². The Bertz CT molecular complexity index is 1240. The average Bonchev–Trinajstić information content (AvgIpc) is 2.69. The second-order valence-electron chi connectivity index (χ2n) is 6.52. The fraction of sp³-hybridized carbons (Fsp3) is 0.0870. The summed E-state index contributed by atoms with van der Waals surface area (Å²) in [5.74, 6) is 0.167. The molecule has 4 aromatic rings. The van der Waals surface area contributed by atoms with Crippen LogP contribution in [0.4, 0.5) is 11.5 Å². The molecule has 2 heterocycles. The number of carbonyl (C=O) groups excluding carboxylic acids is 1. The van der Waals surface area contributed by atoms with Crippen molar-refractivity contribution in [3.63, 3.8) is 0 Å². The fourth-order valence-electron chi connectivity index (χ4n) is 2.91. The van der Waals surface area contributed by atoms with Crippen LogP contribution in [0, 0.1) is 13.8 Å². The predicted molar refractivity (Wildman–Crippen MR) is 110 cm³/mol. The van der Waals surface area contributed by atoms with Crippen molar-refractivity contribution in [2.75, 3.05) is 5.32 Å². The van der Waals surface area contributed by atoms with E-state index in [1.165, 1.54) is 0 Å². The summed E-state index contributed by atoms with van der Waals surface area (Å²) in [5, 5.41) is 3.66. The Morgan fingerprint density at radius 1 is 0.964 bits per heavy atom. The van der Waals surface area contributed by atoms with E-state index in [1.807, 2.05) is 74.5 Å². The van der Waals surface area contributed by atoms with Crippen molar-refractivity contribution in [3.05, 3.63) is 95.2 Å². The monoisotopic (exact) mass is 369 g/mol. The number of hydrogen-bond acceptors (Lipinski definition) is 4. The number of para-hydroxylation sites is 2. The van der Waals surface area contributed by atoms with E-state index in [0.717, 1.165) is 22.3 Å². The fourth-order valence-corrected chi connectivity index (χ4v) is 2.91. The molecular weight excluding hydrogens is 350 g/mol. The maximum absolute atomic E-state index is 13.0. The molecule has 0 spiro atoms. The summed E-state index contributed by atoms with van der Waals surface area (Å²) >= 11 is 0. The normalized spacial score (nSPS) is 11.6. The van der Waals surface area contributed by atoms with Gasteiger partial charge < -0.3 is 9.73 Å². The van der Waals surface area contributed by atoms with Gasteiger partial charge in [0.15, 0.2) is 0 Å². The molecule has 28 heavy (non-hydrogen) atoms. The smallest absolute Gasteiger partial charge is 0.262 e. The molecule has 5 nitrogen and oxygen atoms in total. The van der Waals surface area contributed by atoms with Crippen molar-refractivity contribution >= 4 is 28.4 Å². The minimum atomic E-state index is -0.320. The number of pyridine rings is 1. The van der Waals surface area contributed by atoms with Gasteiger partial charge in [-0.15, -0.1) is 0 Å². The Labute approximate surface area is 162 Å². The Kier molecular flexibility index (Phi) is 4.72. The van der Waals surface area contributed by atoms with E-state index in [4.69, 9.17) is 4.42 Å². The minimum Gasteiger partial charge on any atom is -0.438 e. The van der Waals surface area contributed by atoms with Gasteiger partial charge in [0.2, 0.25) is 5.55 Å². The minimum absolute atomic E-state index is 0.262. The highest BCUT2D eigenvalue weighted by molar-refractivity contribution is 6.04. The number of amides is 1. The third-order valence-corrected chi connectivity index (χ3v) is 4.37. The van der Waals surface area contributed by atoms with Crippen LogP contribution in [0.25, 0.3) is 11.0 Å². The SMILES string of the molecule is Cc1cccc(NC(=O)c2cc3ccccc3oc2=Nc2ccccc2C)n1. The molecular formula is C23H19N3O2. The number of benzene rings is 2. The number of nitrogens with zero attached hydrogens (tertiary/aromatic N) is 2. The van der Waals surface area contributed by atoms with Crippen molar-refractivity contribution in [1.29, 1.82) is 0 Å². The van der Waals surface area contributed by atoms with Crippen LogP contribution in [0.1, 0.15) is 21.6 Å². The van der Waals surface area contributed by atoms with Gasteiger partial charge in [0.1, 0.15) is 17.0 Å². The number of fused-ring (bicyclic) bond motifs is 1. The van der Waals surface area contributed by atoms with Crippen LogP contribution in [0.2, 0.25) is 0 Å². The molecule has 1 amide bonds. The van der Waals surface area contributed by atoms with Gasteiger partial charge in [-0.05, 0) is 49.7 Å². The molecule has 0 unspecified atom stereocenters. The number of hydrogen-bond donors (Lipinski definition) is 1. The van der Waals surface area contributed by atoms with Crippen molar-refractivity contribution < 1.29 is 9.21 Å². The quantitative estimate of drug-likeness (QED) is 0.557. The first-order valence-electron chi connectivity index (χ1n) is 8.98. The van der Waals surface area contributed by atoms with Gasteiger partial charge in [0.05, 0.1) is 5.69 Å². The topological polar surface area (TPSA) is 67.5 Å². The van der Waals surface area contributed by atoms with Crippen LogP contribution < -0.4 is 10.9 Å². The molecule has 0 aliphatic carbocycles. The highest BCUT2D eigenvalue weighted by Crippen LogP contribution is 2.18. The summed E-state index contributed by atoms with van der Waals surface area (Å²) in [5.41, 5.74) is 3.86. The van der Waals surface area contributed by atoms with E-state index in [9.17, 15) is 4.79 Å².